The molecule has 1 atom stereocenters. The predicted molar refractivity (Wildman–Crippen MR) is 35.8 cm³/mol. The van der Waals surface area contributed by atoms with E-state index in [0.717, 1.165) is 0 Å². The summed E-state index contributed by atoms with van der Waals surface area (Å²) in [6.07, 6.45) is 1.45. The Morgan fingerprint density at radius 2 is 2.44 bits per heavy atom. The van der Waals surface area contributed by atoms with E-state index in [-0.39, 0.29) is 0 Å². The fraction of sp³-hybridized carbons (Fsp3) is 0.667. The van der Waals surface area contributed by atoms with E-state index in [4.69, 9.17) is 5.11 Å². The number of nitrogens with zero attached hydrogens (tertiary/aromatic N) is 1. The average molecular weight is 129 g/mol. The predicted octanol–water partition coefficient (Wildman–Crippen LogP) is 0.798. The second kappa shape index (κ2) is 4.06. The van der Waals surface area contributed by atoms with Crippen molar-refractivity contribution in [2.45, 2.75) is 13.8 Å². The molecule has 0 amide bonds. The van der Waals surface area contributed by atoms with Crippen LogP contribution in [0.15, 0.2) is 4.99 Å². The van der Waals surface area contributed by atoms with Crippen LogP contribution in [0.4, 0.5) is 0 Å². The third-order valence-electron chi connectivity index (χ3n) is 0.901. The van der Waals surface area contributed by atoms with Crippen molar-refractivity contribution < 1.29 is 9.90 Å². The lowest BCUT2D eigenvalue weighted by Gasteiger charge is -1.94. The third-order valence-corrected chi connectivity index (χ3v) is 0.901. The molecule has 0 saturated heterocycles. The number of carbonyl (C=O) groups is 1. The topological polar surface area (TPSA) is 49.7 Å². The molecule has 0 rings (SSSR count). The maximum Gasteiger partial charge on any atom is 0.311 e. The zero-order valence-electron chi connectivity index (χ0n) is 5.66. The molecule has 9 heavy (non-hydrogen) atoms. The Hall–Kier alpha value is -0.860. The molecule has 1 unspecified atom stereocenters. The quantitative estimate of drug-likeness (QED) is 0.573. The van der Waals surface area contributed by atoms with Crippen molar-refractivity contribution in [1.82, 2.24) is 0 Å². The Morgan fingerprint density at radius 1 is 1.89 bits per heavy atom. The number of hydrogen-bond acceptors (Lipinski definition) is 2. The van der Waals surface area contributed by atoms with Gasteiger partial charge in [0, 0.05) is 12.8 Å². The van der Waals surface area contributed by atoms with Crippen LogP contribution in [0.25, 0.3) is 0 Å². The number of hydrogen-bond donors (Lipinski definition) is 1. The Balaban J connectivity index is 3.62. The van der Waals surface area contributed by atoms with Crippen molar-refractivity contribution >= 4 is 12.2 Å². The van der Waals surface area contributed by atoms with Crippen LogP contribution in [0.5, 0.6) is 0 Å². The van der Waals surface area contributed by atoms with E-state index < -0.39 is 11.9 Å². The highest BCUT2D eigenvalue weighted by Crippen LogP contribution is 1.88. The molecule has 0 bridgehead atoms. The molecule has 0 aromatic heterocycles. The van der Waals surface area contributed by atoms with Gasteiger partial charge in [0.25, 0.3) is 0 Å². The molecule has 0 aliphatic rings. The van der Waals surface area contributed by atoms with Crippen LogP contribution < -0.4 is 0 Å². The van der Waals surface area contributed by atoms with Crippen molar-refractivity contribution in [3.8, 4) is 0 Å². The van der Waals surface area contributed by atoms with E-state index in [1.807, 2.05) is 6.92 Å². The highest BCUT2D eigenvalue weighted by atomic mass is 16.4. The molecule has 0 aromatic carbocycles. The molecule has 0 aliphatic heterocycles. The summed E-state index contributed by atoms with van der Waals surface area (Å²) in [4.78, 5) is 13.9. The van der Waals surface area contributed by atoms with E-state index >= 15 is 0 Å². The van der Waals surface area contributed by atoms with Gasteiger partial charge in [0.15, 0.2) is 0 Å². The summed E-state index contributed by atoms with van der Waals surface area (Å²) >= 11 is 0. The molecule has 0 fully saturated rings. The van der Waals surface area contributed by atoms with Gasteiger partial charge in [-0.2, -0.15) is 0 Å². The van der Waals surface area contributed by atoms with Crippen LogP contribution in [0, 0.1) is 5.92 Å². The van der Waals surface area contributed by atoms with Gasteiger partial charge in [-0.15, -0.1) is 0 Å². The smallest absolute Gasteiger partial charge is 0.311 e. The van der Waals surface area contributed by atoms with Gasteiger partial charge in [-0.25, -0.2) is 0 Å². The summed E-state index contributed by atoms with van der Waals surface area (Å²) < 4.78 is 0. The zero-order chi connectivity index (χ0) is 7.28. The first kappa shape index (κ1) is 8.14. The molecular formula is C6H11NO2. The van der Waals surface area contributed by atoms with Gasteiger partial charge in [-0.1, -0.05) is 0 Å². The van der Waals surface area contributed by atoms with Crippen molar-refractivity contribution in [1.29, 1.82) is 0 Å². The molecule has 0 aliphatic carbocycles. The lowest BCUT2D eigenvalue weighted by Crippen LogP contribution is -2.10. The van der Waals surface area contributed by atoms with Crippen LogP contribution in [-0.2, 0) is 4.79 Å². The number of aliphatic carboxylic acids is 1. The Bertz CT molecular complexity index is 120. The number of carboxylic acids is 1. The number of rotatable bonds is 3. The fourth-order valence-corrected chi connectivity index (χ4v) is 0.327. The Kier molecular flexibility index (Phi) is 3.67. The average Bonchev–Trinajstić information content (AvgIpc) is 1.82. The van der Waals surface area contributed by atoms with Crippen LogP contribution in [0.2, 0.25) is 0 Å². The summed E-state index contributed by atoms with van der Waals surface area (Å²) in [7, 11) is 0. The van der Waals surface area contributed by atoms with Gasteiger partial charge in [0.1, 0.15) is 0 Å². The SMILES string of the molecule is CCN=CC(C)C(=O)O. The second-order valence-electron chi connectivity index (χ2n) is 1.77. The number of carboxylic acid groups (broad SMARTS) is 1. The minimum absolute atomic E-state index is 0.454. The van der Waals surface area contributed by atoms with Crippen LogP contribution in [-0.4, -0.2) is 23.8 Å². The molecule has 1 N–H and O–H groups in total. The van der Waals surface area contributed by atoms with Gasteiger partial charge in [0.05, 0.1) is 5.92 Å². The first-order valence-electron chi connectivity index (χ1n) is 2.91. The van der Waals surface area contributed by atoms with Gasteiger partial charge in [-0.05, 0) is 13.8 Å². The highest BCUT2D eigenvalue weighted by Gasteiger charge is 2.04. The third kappa shape index (κ3) is 3.70. The summed E-state index contributed by atoms with van der Waals surface area (Å²) in [5.41, 5.74) is 0. The molecule has 3 heteroatoms. The maximum atomic E-state index is 10.1. The van der Waals surface area contributed by atoms with Crippen LogP contribution in [0.3, 0.4) is 0 Å². The molecule has 0 radical (unpaired) electrons. The lowest BCUT2D eigenvalue weighted by atomic mass is 10.2. The summed E-state index contributed by atoms with van der Waals surface area (Å²) in [6.45, 7) is 4.12. The van der Waals surface area contributed by atoms with Crippen molar-refractivity contribution in [3.63, 3.8) is 0 Å². The molecule has 0 heterocycles. The summed E-state index contributed by atoms with van der Waals surface area (Å²) in [5.74, 6) is -1.28. The molecule has 3 nitrogen and oxygen atoms in total. The van der Waals surface area contributed by atoms with E-state index in [0.29, 0.717) is 6.54 Å². The Morgan fingerprint density at radius 3 is 2.78 bits per heavy atom. The summed E-state index contributed by atoms with van der Waals surface area (Å²) in [5, 5.41) is 8.32. The largest absolute Gasteiger partial charge is 0.481 e. The molecule has 52 valence electrons. The number of aliphatic imine (C=N–C) groups is 1. The minimum atomic E-state index is -0.827. The second-order valence-corrected chi connectivity index (χ2v) is 1.77. The monoisotopic (exact) mass is 129 g/mol. The van der Waals surface area contributed by atoms with Crippen molar-refractivity contribution in [3.05, 3.63) is 0 Å². The van der Waals surface area contributed by atoms with Gasteiger partial charge in [0.2, 0.25) is 0 Å². The molecule has 0 spiro atoms. The van der Waals surface area contributed by atoms with Crippen molar-refractivity contribution in [2.75, 3.05) is 6.54 Å². The lowest BCUT2D eigenvalue weighted by molar-refractivity contribution is -0.138. The summed E-state index contributed by atoms with van der Waals surface area (Å²) in [6, 6.07) is 0. The van der Waals surface area contributed by atoms with Crippen LogP contribution in [0.1, 0.15) is 13.8 Å². The maximum absolute atomic E-state index is 10.1. The van der Waals surface area contributed by atoms with Crippen LogP contribution >= 0.6 is 0 Å². The van der Waals surface area contributed by atoms with Gasteiger partial charge in [-0.3, -0.25) is 9.79 Å². The van der Waals surface area contributed by atoms with Gasteiger partial charge >= 0.3 is 5.97 Å². The van der Waals surface area contributed by atoms with E-state index in [1.165, 1.54) is 6.21 Å². The molecular weight excluding hydrogens is 118 g/mol. The standard InChI is InChI=1S/C6H11NO2/c1-3-7-4-5(2)6(8)9/h4-5H,3H2,1-2H3,(H,8,9). The van der Waals surface area contributed by atoms with E-state index in [9.17, 15) is 4.79 Å². The van der Waals surface area contributed by atoms with E-state index in [2.05, 4.69) is 4.99 Å². The van der Waals surface area contributed by atoms with Gasteiger partial charge < -0.3 is 5.11 Å². The minimum Gasteiger partial charge on any atom is -0.481 e. The fourth-order valence-electron chi connectivity index (χ4n) is 0.327. The first-order valence-corrected chi connectivity index (χ1v) is 2.91. The van der Waals surface area contributed by atoms with Crippen molar-refractivity contribution in [2.24, 2.45) is 10.9 Å². The molecule has 0 aromatic rings. The van der Waals surface area contributed by atoms with E-state index in [1.54, 1.807) is 6.92 Å². The zero-order valence-corrected chi connectivity index (χ0v) is 5.66. The normalized spacial score (nSPS) is 14.0. The highest BCUT2D eigenvalue weighted by molar-refractivity contribution is 5.87. The Labute approximate surface area is 54.4 Å². The first-order chi connectivity index (χ1) is 4.18. The molecule has 0 saturated carbocycles.